The van der Waals surface area contributed by atoms with Gasteiger partial charge in [-0.1, -0.05) is 30.3 Å². The second-order valence-corrected chi connectivity index (χ2v) is 5.28. The van der Waals surface area contributed by atoms with Gasteiger partial charge in [-0.15, -0.1) is 0 Å². The summed E-state index contributed by atoms with van der Waals surface area (Å²) in [6.07, 6.45) is 0. The maximum atomic E-state index is 5.13. The lowest BCUT2D eigenvalue weighted by atomic mass is 10.1. The zero-order chi connectivity index (χ0) is 17.1. The second kappa shape index (κ2) is 10.6. The van der Waals surface area contributed by atoms with Gasteiger partial charge in [0.2, 0.25) is 0 Å². The average molecular weight is 351 g/mol. The molecule has 0 bridgehead atoms. The Bertz CT molecular complexity index is 583. The molecule has 0 unspecified atom stereocenters. The van der Waals surface area contributed by atoms with Crippen LogP contribution in [0.25, 0.3) is 0 Å². The lowest BCUT2D eigenvalue weighted by molar-refractivity contribution is 0.897. The SMILES string of the molecule is CCNC(=S)N/N=C(C)/C(=N/NC(=S)NCC)c1ccccc1. The zero-order valence-corrected chi connectivity index (χ0v) is 15.1. The third-order valence-corrected chi connectivity index (χ3v) is 3.13. The number of hydrogen-bond acceptors (Lipinski definition) is 4. The third kappa shape index (κ3) is 7.16. The van der Waals surface area contributed by atoms with Crippen molar-refractivity contribution in [2.75, 3.05) is 13.1 Å². The van der Waals surface area contributed by atoms with Gasteiger partial charge in [-0.25, -0.2) is 0 Å². The van der Waals surface area contributed by atoms with Gasteiger partial charge in [-0.05, 0) is 45.2 Å². The smallest absolute Gasteiger partial charge is 0.186 e. The molecular weight excluding hydrogens is 328 g/mol. The first kappa shape index (κ1) is 19.0. The van der Waals surface area contributed by atoms with Gasteiger partial charge in [-0.3, -0.25) is 10.9 Å². The number of nitrogens with zero attached hydrogens (tertiary/aromatic N) is 2. The molecule has 1 rings (SSSR count). The first-order chi connectivity index (χ1) is 11.1. The van der Waals surface area contributed by atoms with Gasteiger partial charge >= 0.3 is 0 Å². The van der Waals surface area contributed by atoms with Crippen LogP contribution in [0, 0.1) is 0 Å². The minimum absolute atomic E-state index is 0.463. The highest BCUT2D eigenvalue weighted by atomic mass is 32.1. The van der Waals surface area contributed by atoms with Crippen molar-refractivity contribution in [1.82, 2.24) is 21.5 Å². The predicted molar refractivity (Wildman–Crippen MR) is 105 cm³/mol. The Morgan fingerprint density at radius 2 is 1.43 bits per heavy atom. The molecule has 0 atom stereocenters. The van der Waals surface area contributed by atoms with Gasteiger partial charge in [0.1, 0.15) is 5.71 Å². The van der Waals surface area contributed by atoms with E-state index >= 15 is 0 Å². The van der Waals surface area contributed by atoms with E-state index in [-0.39, 0.29) is 0 Å². The van der Waals surface area contributed by atoms with Crippen molar-refractivity contribution in [1.29, 1.82) is 0 Å². The molecule has 0 aliphatic rings. The summed E-state index contributed by atoms with van der Waals surface area (Å²) in [6, 6.07) is 9.74. The van der Waals surface area contributed by atoms with E-state index in [1.807, 2.05) is 51.1 Å². The van der Waals surface area contributed by atoms with E-state index in [0.717, 1.165) is 18.7 Å². The average Bonchev–Trinajstić information content (AvgIpc) is 2.54. The molecule has 0 aromatic heterocycles. The maximum absolute atomic E-state index is 5.13. The molecule has 0 heterocycles. The molecule has 1 aromatic carbocycles. The molecular formula is C15H22N6S2. The van der Waals surface area contributed by atoms with Crippen LogP contribution in [0.3, 0.4) is 0 Å². The van der Waals surface area contributed by atoms with Crippen molar-refractivity contribution in [2.24, 2.45) is 10.2 Å². The van der Waals surface area contributed by atoms with Crippen molar-refractivity contribution in [3.05, 3.63) is 35.9 Å². The van der Waals surface area contributed by atoms with Gasteiger partial charge in [0.15, 0.2) is 10.2 Å². The van der Waals surface area contributed by atoms with Gasteiger partial charge in [0, 0.05) is 18.7 Å². The summed E-state index contributed by atoms with van der Waals surface area (Å²) < 4.78 is 0. The summed E-state index contributed by atoms with van der Waals surface area (Å²) in [4.78, 5) is 0. The van der Waals surface area contributed by atoms with Crippen molar-refractivity contribution in [3.8, 4) is 0 Å². The third-order valence-electron chi connectivity index (χ3n) is 2.66. The minimum Gasteiger partial charge on any atom is -0.362 e. The van der Waals surface area contributed by atoms with E-state index in [2.05, 4.69) is 31.7 Å². The minimum atomic E-state index is 0.463. The monoisotopic (exact) mass is 350 g/mol. The van der Waals surface area contributed by atoms with E-state index in [4.69, 9.17) is 24.4 Å². The fourth-order valence-corrected chi connectivity index (χ4v) is 2.02. The van der Waals surface area contributed by atoms with E-state index < -0.39 is 0 Å². The summed E-state index contributed by atoms with van der Waals surface area (Å²) >= 11 is 10.2. The molecule has 4 N–H and O–H groups in total. The summed E-state index contributed by atoms with van der Waals surface area (Å²) in [6.45, 7) is 7.25. The molecule has 1 aromatic rings. The fourth-order valence-electron chi connectivity index (χ4n) is 1.64. The Labute approximate surface area is 147 Å². The van der Waals surface area contributed by atoms with Crippen LogP contribution in [0.15, 0.2) is 40.5 Å². The van der Waals surface area contributed by atoms with Crippen LogP contribution >= 0.6 is 24.4 Å². The Kier molecular flexibility index (Phi) is 8.78. The van der Waals surface area contributed by atoms with Crippen molar-refractivity contribution < 1.29 is 0 Å². The normalized spacial score (nSPS) is 11.6. The molecule has 0 spiro atoms. The molecule has 0 radical (unpaired) electrons. The highest BCUT2D eigenvalue weighted by Crippen LogP contribution is 2.03. The Morgan fingerprint density at radius 1 is 0.913 bits per heavy atom. The lowest BCUT2D eigenvalue weighted by Gasteiger charge is -2.10. The van der Waals surface area contributed by atoms with Crippen LogP contribution in [-0.2, 0) is 0 Å². The number of benzene rings is 1. The lowest BCUT2D eigenvalue weighted by Crippen LogP contribution is -2.34. The van der Waals surface area contributed by atoms with Crippen LogP contribution in [0.1, 0.15) is 26.3 Å². The molecule has 0 saturated carbocycles. The molecule has 8 heteroatoms. The number of hydrogen-bond donors (Lipinski definition) is 4. The van der Waals surface area contributed by atoms with Crippen molar-refractivity contribution in [2.45, 2.75) is 20.8 Å². The van der Waals surface area contributed by atoms with Crippen LogP contribution in [0.2, 0.25) is 0 Å². The van der Waals surface area contributed by atoms with E-state index in [9.17, 15) is 0 Å². The van der Waals surface area contributed by atoms with E-state index in [1.54, 1.807) is 0 Å². The fraction of sp³-hybridized carbons (Fsp3) is 0.333. The quantitative estimate of drug-likeness (QED) is 0.356. The zero-order valence-electron chi connectivity index (χ0n) is 13.5. The van der Waals surface area contributed by atoms with Gasteiger partial charge in [-0.2, -0.15) is 10.2 Å². The van der Waals surface area contributed by atoms with Gasteiger partial charge in [0.05, 0.1) is 5.71 Å². The van der Waals surface area contributed by atoms with E-state index in [0.29, 0.717) is 21.6 Å². The second-order valence-electron chi connectivity index (χ2n) is 4.47. The molecule has 0 fully saturated rings. The largest absolute Gasteiger partial charge is 0.362 e. The first-order valence-corrected chi connectivity index (χ1v) is 8.15. The molecule has 124 valence electrons. The van der Waals surface area contributed by atoms with Crippen LogP contribution in [0.4, 0.5) is 0 Å². The number of nitrogens with one attached hydrogen (secondary N) is 4. The molecule has 23 heavy (non-hydrogen) atoms. The summed E-state index contributed by atoms with van der Waals surface area (Å²) in [5.41, 5.74) is 7.91. The van der Waals surface area contributed by atoms with Gasteiger partial charge in [0.25, 0.3) is 0 Å². The highest BCUT2D eigenvalue weighted by molar-refractivity contribution is 7.80. The standard InChI is InChI=1S/C15H22N6S2/c1-4-16-14(22)20-18-11(3)13(12-9-7-6-8-10-12)19-21-15(23)17-5-2/h6-10H,4-5H2,1-3H3,(H2,16,20,22)(H2,17,21,23)/b18-11+,19-13-. The predicted octanol–water partition coefficient (Wildman–Crippen LogP) is 1.73. The van der Waals surface area contributed by atoms with Crippen LogP contribution < -0.4 is 21.5 Å². The summed E-state index contributed by atoms with van der Waals surface area (Å²) in [5, 5.41) is 15.5. The molecule has 0 saturated heterocycles. The topological polar surface area (TPSA) is 72.8 Å². The Morgan fingerprint density at radius 3 is 1.96 bits per heavy atom. The van der Waals surface area contributed by atoms with Gasteiger partial charge < -0.3 is 10.6 Å². The Balaban J connectivity index is 2.95. The molecule has 0 aliphatic carbocycles. The summed E-state index contributed by atoms with van der Waals surface area (Å²) in [5.74, 6) is 0. The van der Waals surface area contributed by atoms with Crippen molar-refractivity contribution >= 4 is 46.1 Å². The maximum Gasteiger partial charge on any atom is 0.186 e. The number of hydrazone groups is 2. The number of thiocarbonyl (C=S) groups is 2. The van der Waals surface area contributed by atoms with Crippen LogP contribution in [-0.4, -0.2) is 34.7 Å². The number of rotatable bonds is 6. The Hall–Kier alpha value is -2.06. The van der Waals surface area contributed by atoms with Crippen LogP contribution in [0.5, 0.6) is 0 Å². The molecule has 0 aliphatic heterocycles. The van der Waals surface area contributed by atoms with E-state index in [1.165, 1.54) is 0 Å². The first-order valence-electron chi connectivity index (χ1n) is 7.33. The van der Waals surface area contributed by atoms with Crippen molar-refractivity contribution in [3.63, 3.8) is 0 Å². The summed E-state index contributed by atoms with van der Waals surface area (Å²) in [7, 11) is 0. The highest BCUT2D eigenvalue weighted by Gasteiger charge is 2.08. The molecule has 6 nitrogen and oxygen atoms in total. The molecule has 0 amide bonds.